The van der Waals surface area contributed by atoms with E-state index < -0.39 is 28.3 Å². The van der Waals surface area contributed by atoms with E-state index >= 15 is 0 Å². The molecule has 0 bridgehead atoms. The Kier molecular flexibility index (Phi) is 6.39. The van der Waals surface area contributed by atoms with Crippen LogP contribution < -0.4 is 14.8 Å². The number of benzene rings is 2. The molecule has 0 saturated heterocycles. The Morgan fingerprint density at radius 1 is 1.17 bits per heavy atom. The third-order valence-corrected chi connectivity index (χ3v) is 5.73. The van der Waals surface area contributed by atoms with Gasteiger partial charge in [0.2, 0.25) is 15.9 Å². The molecule has 0 saturated carbocycles. The van der Waals surface area contributed by atoms with Crippen LogP contribution in [0.1, 0.15) is 24.1 Å². The highest BCUT2D eigenvalue weighted by Crippen LogP contribution is 2.32. The largest absolute Gasteiger partial charge is 0.486 e. The van der Waals surface area contributed by atoms with Gasteiger partial charge in [-0.15, -0.1) is 0 Å². The van der Waals surface area contributed by atoms with Crippen molar-refractivity contribution >= 4 is 15.9 Å². The van der Waals surface area contributed by atoms with E-state index in [2.05, 4.69) is 5.32 Å². The fraction of sp³-hybridized carbons (Fsp3) is 0.350. The molecule has 0 fully saturated rings. The van der Waals surface area contributed by atoms with E-state index in [4.69, 9.17) is 9.47 Å². The van der Waals surface area contributed by atoms with Crippen LogP contribution in [0.2, 0.25) is 0 Å². The number of sulfonamides is 1. The molecule has 1 aliphatic rings. The Balaban J connectivity index is 1.67. The van der Waals surface area contributed by atoms with E-state index in [1.54, 1.807) is 25.1 Å². The number of amides is 1. The highest BCUT2D eigenvalue weighted by atomic mass is 32.2. The summed E-state index contributed by atoms with van der Waals surface area (Å²) in [6, 6.07) is 10.9. The lowest BCUT2D eigenvalue weighted by Crippen LogP contribution is -2.40. The minimum atomic E-state index is -3.72. The van der Waals surface area contributed by atoms with Gasteiger partial charge in [0, 0.05) is 12.1 Å². The lowest BCUT2D eigenvalue weighted by molar-refractivity contribution is -0.122. The highest BCUT2D eigenvalue weighted by molar-refractivity contribution is 7.88. The van der Waals surface area contributed by atoms with E-state index in [0.29, 0.717) is 24.7 Å². The number of ether oxygens (including phenoxy) is 2. The average Bonchev–Trinajstić information content (AvgIpc) is 2.68. The second kappa shape index (κ2) is 8.79. The summed E-state index contributed by atoms with van der Waals surface area (Å²) < 4.78 is 50.1. The molecule has 1 N–H and O–H groups in total. The quantitative estimate of drug-likeness (QED) is 0.740. The molecule has 0 aromatic heterocycles. The van der Waals surface area contributed by atoms with E-state index in [9.17, 15) is 17.6 Å². The van der Waals surface area contributed by atoms with E-state index in [-0.39, 0.29) is 18.2 Å². The summed E-state index contributed by atoms with van der Waals surface area (Å²) in [6.45, 7) is 2.09. The van der Waals surface area contributed by atoms with Gasteiger partial charge in [-0.25, -0.2) is 12.8 Å². The summed E-state index contributed by atoms with van der Waals surface area (Å²) in [5.41, 5.74) is 0.994. The summed E-state index contributed by atoms with van der Waals surface area (Å²) >= 11 is 0. The Hall–Kier alpha value is -2.65. The van der Waals surface area contributed by atoms with Gasteiger partial charge in [0.1, 0.15) is 19.0 Å². The summed E-state index contributed by atoms with van der Waals surface area (Å²) in [6.07, 6.45) is 0.991. The second-order valence-electron chi connectivity index (χ2n) is 6.81. The number of nitrogens with zero attached hydrogens (tertiary/aromatic N) is 1. The van der Waals surface area contributed by atoms with Gasteiger partial charge >= 0.3 is 0 Å². The third kappa shape index (κ3) is 5.45. The fourth-order valence-electron chi connectivity index (χ4n) is 2.97. The molecule has 7 nitrogen and oxygen atoms in total. The van der Waals surface area contributed by atoms with Gasteiger partial charge in [0.25, 0.3) is 0 Å². The van der Waals surface area contributed by atoms with E-state index in [0.717, 1.165) is 16.1 Å². The average molecular weight is 422 g/mol. The van der Waals surface area contributed by atoms with Gasteiger partial charge in [0.15, 0.2) is 11.5 Å². The number of fused-ring (bicyclic) bond motifs is 1. The van der Waals surface area contributed by atoms with E-state index in [1.165, 1.54) is 18.2 Å². The lowest BCUT2D eigenvalue weighted by atomic mass is 10.1. The topological polar surface area (TPSA) is 84.9 Å². The van der Waals surface area contributed by atoms with Crippen molar-refractivity contribution < 1.29 is 27.1 Å². The maximum atomic E-state index is 13.9. The highest BCUT2D eigenvalue weighted by Gasteiger charge is 2.23. The molecule has 2 aromatic carbocycles. The molecule has 156 valence electrons. The molecular weight excluding hydrogens is 399 g/mol. The molecule has 9 heteroatoms. The number of rotatable bonds is 7. The molecule has 1 atom stereocenters. The summed E-state index contributed by atoms with van der Waals surface area (Å²) in [5.74, 6) is 0.235. The van der Waals surface area contributed by atoms with Crippen LogP contribution in [0.3, 0.4) is 0 Å². The standard InChI is InChI=1S/C20H23FN2O5S/c1-14(15-7-8-18-19(11-15)28-10-9-27-18)22-20(24)13-23(29(2,25)26)12-16-5-3-4-6-17(16)21/h3-8,11,14H,9-10,12-13H2,1-2H3,(H,22,24)/t14-/m1/s1. The first-order chi connectivity index (χ1) is 13.7. The number of hydrogen-bond donors (Lipinski definition) is 1. The Morgan fingerprint density at radius 3 is 2.55 bits per heavy atom. The monoisotopic (exact) mass is 422 g/mol. The van der Waals surface area contributed by atoms with Crippen molar-refractivity contribution in [3.8, 4) is 11.5 Å². The number of hydrogen-bond acceptors (Lipinski definition) is 5. The zero-order valence-corrected chi connectivity index (χ0v) is 17.0. The molecule has 29 heavy (non-hydrogen) atoms. The van der Waals surface area contributed by atoms with Gasteiger partial charge < -0.3 is 14.8 Å². The van der Waals surface area contributed by atoms with Crippen molar-refractivity contribution in [2.75, 3.05) is 26.0 Å². The van der Waals surface area contributed by atoms with Crippen LogP contribution in [0, 0.1) is 5.82 Å². The van der Waals surface area contributed by atoms with Crippen molar-refractivity contribution in [1.29, 1.82) is 0 Å². The molecule has 0 radical (unpaired) electrons. The molecule has 0 unspecified atom stereocenters. The van der Waals surface area contributed by atoms with Crippen LogP contribution in [0.5, 0.6) is 11.5 Å². The number of carbonyl (C=O) groups is 1. The first kappa shape index (κ1) is 21.1. The number of halogens is 1. The molecule has 2 aromatic rings. The van der Waals surface area contributed by atoms with Crippen molar-refractivity contribution in [3.63, 3.8) is 0 Å². The summed E-state index contributed by atoms with van der Waals surface area (Å²) in [4.78, 5) is 12.5. The van der Waals surface area contributed by atoms with Gasteiger partial charge in [-0.1, -0.05) is 24.3 Å². The maximum Gasteiger partial charge on any atom is 0.235 e. The van der Waals surface area contributed by atoms with Crippen molar-refractivity contribution in [2.45, 2.75) is 19.5 Å². The van der Waals surface area contributed by atoms with Crippen LogP contribution in [0.4, 0.5) is 4.39 Å². The predicted molar refractivity (Wildman–Crippen MR) is 106 cm³/mol. The summed E-state index contributed by atoms with van der Waals surface area (Å²) in [5, 5.41) is 2.77. The van der Waals surface area contributed by atoms with Gasteiger partial charge in [-0.2, -0.15) is 4.31 Å². The van der Waals surface area contributed by atoms with Gasteiger partial charge in [-0.3, -0.25) is 4.79 Å². The van der Waals surface area contributed by atoms with Crippen LogP contribution in [0.15, 0.2) is 42.5 Å². The lowest BCUT2D eigenvalue weighted by Gasteiger charge is -2.23. The number of nitrogens with one attached hydrogen (secondary N) is 1. The molecular formula is C20H23FN2O5S. The number of carbonyl (C=O) groups excluding carboxylic acids is 1. The zero-order chi connectivity index (χ0) is 21.0. The van der Waals surface area contributed by atoms with Crippen LogP contribution in [0.25, 0.3) is 0 Å². The first-order valence-corrected chi connectivity index (χ1v) is 11.0. The first-order valence-electron chi connectivity index (χ1n) is 9.11. The molecule has 0 spiro atoms. The molecule has 1 aliphatic heterocycles. The van der Waals surface area contributed by atoms with Crippen LogP contribution in [-0.4, -0.2) is 44.6 Å². The zero-order valence-electron chi connectivity index (χ0n) is 16.2. The van der Waals surface area contributed by atoms with Crippen molar-refractivity contribution in [3.05, 3.63) is 59.4 Å². The third-order valence-electron chi connectivity index (χ3n) is 4.54. The SMILES string of the molecule is C[C@@H](NC(=O)CN(Cc1ccccc1F)S(C)(=O)=O)c1ccc2c(c1)OCCO2. The molecule has 0 aliphatic carbocycles. The minimum Gasteiger partial charge on any atom is -0.486 e. The smallest absolute Gasteiger partial charge is 0.235 e. The summed E-state index contributed by atoms with van der Waals surface area (Å²) in [7, 11) is -3.72. The Morgan fingerprint density at radius 2 is 1.86 bits per heavy atom. The van der Waals surface area contributed by atoms with Gasteiger partial charge in [-0.05, 0) is 30.7 Å². The maximum absolute atomic E-state index is 13.9. The van der Waals surface area contributed by atoms with Crippen LogP contribution >= 0.6 is 0 Å². The Bertz CT molecular complexity index is 996. The fourth-order valence-corrected chi connectivity index (χ4v) is 3.69. The van der Waals surface area contributed by atoms with E-state index in [1.807, 2.05) is 6.07 Å². The molecule has 1 amide bonds. The Labute approximate surface area is 169 Å². The normalized spacial score (nSPS) is 14.5. The predicted octanol–water partition coefficient (Wildman–Crippen LogP) is 2.24. The van der Waals surface area contributed by atoms with Gasteiger partial charge in [0.05, 0.1) is 18.8 Å². The molecule has 1 heterocycles. The van der Waals surface area contributed by atoms with Crippen molar-refractivity contribution in [2.24, 2.45) is 0 Å². The second-order valence-corrected chi connectivity index (χ2v) is 8.80. The van der Waals surface area contributed by atoms with Crippen molar-refractivity contribution in [1.82, 2.24) is 9.62 Å². The molecule has 3 rings (SSSR count). The van der Waals surface area contributed by atoms with Crippen LogP contribution in [-0.2, 0) is 21.4 Å². The minimum absolute atomic E-state index is 0.200.